The molecule has 6 nitrogen and oxygen atoms in total. The molecular weight excluding hydrogens is 370 g/mol. The van der Waals surface area contributed by atoms with Crippen LogP contribution in [0.1, 0.15) is 39.1 Å². The summed E-state index contributed by atoms with van der Waals surface area (Å²) in [5.41, 5.74) is 3.57. The van der Waals surface area contributed by atoms with Crippen molar-refractivity contribution in [3.8, 4) is 0 Å². The lowest BCUT2D eigenvalue weighted by molar-refractivity contribution is 0.266. The zero-order valence-electron chi connectivity index (χ0n) is 16.0. The number of hydrogen-bond donors (Lipinski definition) is 0. The van der Waals surface area contributed by atoms with Gasteiger partial charge in [-0.3, -0.25) is 0 Å². The highest BCUT2D eigenvalue weighted by Crippen LogP contribution is 2.46. The average Bonchev–Trinajstić information content (AvgIpc) is 2.63. The maximum Gasteiger partial charge on any atom is 0.176 e. The Bertz CT molecular complexity index is 606. The molecule has 0 N–H and O–H groups in total. The van der Waals surface area contributed by atoms with Gasteiger partial charge in [0.1, 0.15) is 0 Å². The van der Waals surface area contributed by atoms with Crippen LogP contribution in [0.3, 0.4) is 0 Å². The number of nitrogens with zero attached hydrogens (tertiary/aromatic N) is 2. The Balaban J connectivity index is 2.34. The van der Waals surface area contributed by atoms with Crippen molar-refractivity contribution in [2.75, 3.05) is 26.4 Å². The molecule has 2 rings (SSSR count). The van der Waals surface area contributed by atoms with Gasteiger partial charge >= 0.3 is 0 Å². The number of hydrogen-bond acceptors (Lipinski definition) is 6. The molecule has 0 spiro atoms. The predicted molar refractivity (Wildman–Crippen MR) is 107 cm³/mol. The molecule has 0 unspecified atom stereocenters. The van der Waals surface area contributed by atoms with E-state index in [9.17, 15) is 0 Å². The fourth-order valence-electron chi connectivity index (χ4n) is 2.40. The summed E-state index contributed by atoms with van der Waals surface area (Å²) in [6.45, 7) is 10.4. The molecule has 8 heteroatoms. The van der Waals surface area contributed by atoms with Gasteiger partial charge in [-0.1, -0.05) is 12.1 Å². The predicted octanol–water partition coefficient (Wildman–Crippen LogP) is 5.40. The van der Waals surface area contributed by atoms with E-state index in [0.29, 0.717) is 38.8 Å². The van der Waals surface area contributed by atoms with Crippen LogP contribution in [0.15, 0.2) is 24.3 Å². The molecule has 1 aromatic heterocycles. The van der Waals surface area contributed by atoms with E-state index in [0.717, 1.165) is 22.4 Å². The molecule has 0 radical (unpaired) electrons. The summed E-state index contributed by atoms with van der Waals surface area (Å²) in [5.74, 6) is 0. The van der Waals surface area contributed by atoms with Crippen molar-refractivity contribution in [2.45, 2.75) is 40.0 Å². The summed E-state index contributed by atoms with van der Waals surface area (Å²) in [6, 6.07) is 7.91. The van der Waals surface area contributed by atoms with Crippen LogP contribution >= 0.6 is 16.8 Å². The van der Waals surface area contributed by atoms with Gasteiger partial charge in [0.2, 0.25) is 0 Å². The third-order valence-corrected chi connectivity index (χ3v) is 6.68. The molecule has 26 heavy (non-hydrogen) atoms. The first-order chi connectivity index (χ1) is 12.7. The molecule has 1 aromatic carbocycles. The van der Waals surface area contributed by atoms with Crippen molar-refractivity contribution in [3.05, 3.63) is 35.7 Å². The molecule has 2 aromatic rings. The first-order valence-electron chi connectivity index (χ1n) is 9.02. The normalized spacial score (nSPS) is 11.8. The lowest BCUT2D eigenvalue weighted by Crippen LogP contribution is -2.05. The molecule has 0 saturated carbocycles. The zero-order chi connectivity index (χ0) is 18.8. The minimum Gasteiger partial charge on any atom is -0.334 e. The zero-order valence-corrected chi connectivity index (χ0v) is 17.8. The molecule has 1 heterocycles. The van der Waals surface area contributed by atoms with Crippen LogP contribution in [-0.4, -0.2) is 36.4 Å². The second-order valence-corrected chi connectivity index (χ2v) is 8.25. The van der Waals surface area contributed by atoms with Crippen LogP contribution in [-0.2, 0) is 30.4 Å². The summed E-state index contributed by atoms with van der Waals surface area (Å²) in [5, 5.41) is 0. The molecule has 0 aliphatic carbocycles. The Kier molecular flexibility index (Phi) is 9.84. The quantitative estimate of drug-likeness (QED) is 0.446. The minimum absolute atomic E-state index is 0.617. The minimum atomic E-state index is -1.03. The number of benzene rings is 1. The van der Waals surface area contributed by atoms with E-state index in [1.807, 2.05) is 52.0 Å². The molecule has 0 amide bonds. The molecule has 144 valence electrons. The summed E-state index contributed by atoms with van der Waals surface area (Å²) >= 11 is 0. The second kappa shape index (κ2) is 11.9. The number of fused-ring (bicyclic) bond motifs is 1. The number of rotatable bonds is 12. The van der Waals surface area contributed by atoms with Crippen molar-refractivity contribution in [3.63, 3.8) is 0 Å². The fourth-order valence-corrected chi connectivity index (χ4v) is 5.07. The third kappa shape index (κ3) is 6.45. The van der Waals surface area contributed by atoms with Crippen LogP contribution in [0.4, 0.5) is 0 Å². The standard InChI is InChI=1S/C18H28N2O4P2/c1-5-21-25(22-6-2)13-17-18(14-26(23-7-3)24-8-4)20-16-12-10-9-11-15(16)19-17/h9-12H,5-8,13-14H2,1-4H3. The Morgan fingerprint density at radius 1 is 0.654 bits per heavy atom. The molecular formula is C18H28N2O4P2. The Morgan fingerprint density at radius 2 is 1.00 bits per heavy atom. The van der Waals surface area contributed by atoms with Crippen molar-refractivity contribution >= 4 is 27.8 Å². The average molecular weight is 398 g/mol. The first-order valence-corrected chi connectivity index (χ1v) is 11.8. The van der Waals surface area contributed by atoms with Gasteiger partial charge < -0.3 is 18.1 Å². The summed E-state index contributed by atoms with van der Waals surface area (Å²) in [6.07, 6.45) is 1.23. The monoisotopic (exact) mass is 398 g/mol. The van der Waals surface area contributed by atoms with E-state index in [1.165, 1.54) is 0 Å². The van der Waals surface area contributed by atoms with Gasteiger partial charge in [0.15, 0.2) is 16.8 Å². The summed E-state index contributed by atoms with van der Waals surface area (Å²) < 4.78 is 23.1. The highest BCUT2D eigenvalue weighted by molar-refractivity contribution is 7.46. The van der Waals surface area contributed by atoms with Crippen LogP contribution in [0.25, 0.3) is 11.0 Å². The van der Waals surface area contributed by atoms with Crippen molar-refractivity contribution < 1.29 is 18.1 Å². The molecule has 0 saturated heterocycles. The van der Waals surface area contributed by atoms with E-state index >= 15 is 0 Å². The Hall–Kier alpha value is -0.740. The molecule has 0 aliphatic heterocycles. The van der Waals surface area contributed by atoms with E-state index in [1.54, 1.807) is 0 Å². The maximum atomic E-state index is 5.77. The Morgan fingerprint density at radius 3 is 1.31 bits per heavy atom. The Labute approximate surface area is 158 Å². The van der Waals surface area contributed by atoms with E-state index in [4.69, 9.17) is 28.1 Å². The fraction of sp³-hybridized carbons (Fsp3) is 0.556. The lowest BCUT2D eigenvalue weighted by Gasteiger charge is -2.19. The van der Waals surface area contributed by atoms with Gasteiger partial charge in [0.05, 0.1) is 61.2 Å². The summed E-state index contributed by atoms with van der Waals surface area (Å²) in [7, 11) is -2.05. The van der Waals surface area contributed by atoms with Gasteiger partial charge in [-0.25, -0.2) is 9.97 Å². The van der Waals surface area contributed by atoms with Gasteiger partial charge in [0, 0.05) is 0 Å². The number of aromatic nitrogens is 2. The highest BCUT2D eigenvalue weighted by Gasteiger charge is 2.20. The van der Waals surface area contributed by atoms with Crippen molar-refractivity contribution in [1.82, 2.24) is 9.97 Å². The molecule has 0 atom stereocenters. The number of para-hydroxylation sites is 2. The van der Waals surface area contributed by atoms with Gasteiger partial charge in [0.25, 0.3) is 0 Å². The van der Waals surface area contributed by atoms with Gasteiger partial charge in [-0.05, 0) is 39.8 Å². The van der Waals surface area contributed by atoms with Crippen molar-refractivity contribution in [1.29, 1.82) is 0 Å². The second-order valence-electron chi connectivity index (χ2n) is 5.26. The van der Waals surface area contributed by atoms with Crippen LogP contribution in [0, 0.1) is 0 Å². The van der Waals surface area contributed by atoms with Crippen molar-refractivity contribution in [2.24, 2.45) is 0 Å². The molecule has 0 fully saturated rings. The van der Waals surface area contributed by atoms with Crippen LogP contribution < -0.4 is 0 Å². The van der Waals surface area contributed by atoms with Crippen LogP contribution in [0.5, 0.6) is 0 Å². The molecule has 0 bridgehead atoms. The summed E-state index contributed by atoms with van der Waals surface area (Å²) in [4.78, 5) is 9.69. The van der Waals surface area contributed by atoms with Crippen LogP contribution in [0.2, 0.25) is 0 Å². The lowest BCUT2D eigenvalue weighted by atomic mass is 10.2. The maximum absolute atomic E-state index is 5.77. The van der Waals surface area contributed by atoms with Gasteiger partial charge in [-0.15, -0.1) is 0 Å². The smallest absolute Gasteiger partial charge is 0.176 e. The van der Waals surface area contributed by atoms with E-state index < -0.39 is 16.8 Å². The van der Waals surface area contributed by atoms with E-state index in [2.05, 4.69) is 0 Å². The SMILES string of the molecule is CCOP(Cc1nc2ccccc2nc1CP(OCC)OCC)OCC. The van der Waals surface area contributed by atoms with Gasteiger partial charge in [-0.2, -0.15) is 0 Å². The molecule has 0 aliphatic rings. The topological polar surface area (TPSA) is 62.7 Å². The highest BCUT2D eigenvalue weighted by atomic mass is 31.2. The van der Waals surface area contributed by atoms with E-state index in [-0.39, 0.29) is 0 Å². The first kappa shape index (κ1) is 21.6. The third-order valence-electron chi connectivity index (χ3n) is 3.38. The largest absolute Gasteiger partial charge is 0.334 e.